The molecule has 4 rings (SSSR count). The van der Waals surface area contributed by atoms with Crippen LogP contribution in [0.25, 0.3) is 11.0 Å². The van der Waals surface area contributed by atoms with Crippen molar-refractivity contribution in [2.75, 3.05) is 0 Å². The van der Waals surface area contributed by atoms with Crippen LogP contribution in [0.1, 0.15) is 32.8 Å². The van der Waals surface area contributed by atoms with Crippen molar-refractivity contribution in [1.29, 1.82) is 0 Å². The zero-order chi connectivity index (χ0) is 24.6. The molecule has 34 heavy (non-hydrogen) atoms. The average Bonchev–Trinajstić information content (AvgIpc) is 2.77. The standard InChI is InChI=1S/C26H19F3O5/c1-14-5-8-17(9-6-14)25(31)32-18-10-11-19-21(13-18)34-24(26(27,28)29)23(22(19)30)33-20-12-15(2)4-7-16(20)3/h4-13H,1-3H3. The van der Waals surface area contributed by atoms with Gasteiger partial charge in [0.1, 0.15) is 17.1 Å². The summed E-state index contributed by atoms with van der Waals surface area (Å²) in [6.07, 6.45) is -5.00. The number of hydrogen-bond acceptors (Lipinski definition) is 5. The van der Waals surface area contributed by atoms with Crippen LogP contribution >= 0.6 is 0 Å². The molecule has 0 aliphatic rings. The molecule has 0 unspecified atom stereocenters. The number of fused-ring (bicyclic) bond motifs is 1. The minimum Gasteiger partial charge on any atom is -0.449 e. The summed E-state index contributed by atoms with van der Waals surface area (Å²) in [4.78, 5) is 25.3. The summed E-state index contributed by atoms with van der Waals surface area (Å²) < 4.78 is 57.2. The van der Waals surface area contributed by atoms with Crippen LogP contribution in [0.15, 0.2) is 69.9 Å². The molecule has 1 aromatic heterocycles. The van der Waals surface area contributed by atoms with Gasteiger partial charge in [-0.1, -0.05) is 29.8 Å². The van der Waals surface area contributed by atoms with E-state index in [4.69, 9.17) is 13.9 Å². The van der Waals surface area contributed by atoms with E-state index < -0.39 is 29.1 Å². The van der Waals surface area contributed by atoms with Crippen LogP contribution in [0.3, 0.4) is 0 Å². The highest BCUT2D eigenvalue weighted by Crippen LogP contribution is 2.39. The van der Waals surface area contributed by atoms with Crippen molar-refractivity contribution < 1.29 is 31.9 Å². The first kappa shape index (κ1) is 23.1. The van der Waals surface area contributed by atoms with Crippen molar-refractivity contribution in [2.24, 2.45) is 0 Å². The van der Waals surface area contributed by atoms with E-state index in [1.165, 1.54) is 18.2 Å². The molecule has 0 aliphatic carbocycles. The summed E-state index contributed by atoms with van der Waals surface area (Å²) in [5.74, 6) is -3.20. The van der Waals surface area contributed by atoms with Crippen LogP contribution in [0.2, 0.25) is 0 Å². The number of rotatable bonds is 4. The third-order valence-electron chi connectivity index (χ3n) is 5.13. The molecule has 0 spiro atoms. The molecule has 5 nitrogen and oxygen atoms in total. The van der Waals surface area contributed by atoms with E-state index in [-0.39, 0.29) is 28.0 Å². The number of benzene rings is 3. The molecular weight excluding hydrogens is 449 g/mol. The van der Waals surface area contributed by atoms with Crippen LogP contribution in [0.4, 0.5) is 13.2 Å². The summed E-state index contributed by atoms with van der Waals surface area (Å²) in [6, 6.07) is 15.2. The number of halogens is 3. The molecule has 0 aliphatic heterocycles. The maximum Gasteiger partial charge on any atom is 0.453 e. The molecule has 174 valence electrons. The first-order valence-electron chi connectivity index (χ1n) is 10.2. The highest BCUT2D eigenvalue weighted by atomic mass is 19.4. The lowest BCUT2D eigenvalue weighted by Gasteiger charge is -2.15. The molecular formula is C26H19F3O5. The Morgan fingerprint density at radius 2 is 1.56 bits per heavy atom. The lowest BCUT2D eigenvalue weighted by molar-refractivity contribution is -0.154. The molecule has 0 atom stereocenters. The van der Waals surface area contributed by atoms with E-state index in [2.05, 4.69) is 0 Å². The van der Waals surface area contributed by atoms with Gasteiger partial charge in [0.2, 0.25) is 11.2 Å². The Morgan fingerprint density at radius 1 is 0.882 bits per heavy atom. The smallest absolute Gasteiger partial charge is 0.449 e. The van der Waals surface area contributed by atoms with E-state index >= 15 is 0 Å². The zero-order valence-electron chi connectivity index (χ0n) is 18.4. The normalized spacial score (nSPS) is 11.5. The predicted octanol–water partition coefficient (Wildman–Crippen LogP) is 6.75. The van der Waals surface area contributed by atoms with Gasteiger partial charge < -0.3 is 13.9 Å². The minimum absolute atomic E-state index is 0.0717. The summed E-state index contributed by atoms with van der Waals surface area (Å²) in [5.41, 5.74) is 1.13. The Labute approximate surface area is 192 Å². The molecule has 0 N–H and O–H groups in total. The lowest BCUT2D eigenvalue weighted by atomic mass is 10.1. The van der Waals surface area contributed by atoms with Crippen molar-refractivity contribution in [2.45, 2.75) is 26.9 Å². The molecule has 0 fully saturated rings. The lowest BCUT2D eigenvalue weighted by Crippen LogP contribution is -2.16. The highest BCUT2D eigenvalue weighted by Gasteiger charge is 2.40. The van der Waals surface area contributed by atoms with E-state index in [1.807, 2.05) is 6.92 Å². The minimum atomic E-state index is -5.00. The molecule has 0 saturated heterocycles. The van der Waals surface area contributed by atoms with E-state index in [9.17, 15) is 22.8 Å². The topological polar surface area (TPSA) is 65.7 Å². The van der Waals surface area contributed by atoms with Crippen molar-refractivity contribution >= 4 is 16.9 Å². The van der Waals surface area contributed by atoms with E-state index in [1.54, 1.807) is 50.2 Å². The number of ether oxygens (including phenoxy) is 2. The first-order valence-corrected chi connectivity index (χ1v) is 10.2. The molecule has 0 radical (unpaired) electrons. The van der Waals surface area contributed by atoms with Gasteiger partial charge in [-0.3, -0.25) is 4.79 Å². The summed E-state index contributed by atoms with van der Waals surface area (Å²) in [6.45, 7) is 5.26. The number of carbonyl (C=O) groups is 1. The molecule has 8 heteroatoms. The van der Waals surface area contributed by atoms with Crippen LogP contribution in [0.5, 0.6) is 17.2 Å². The molecule has 0 saturated carbocycles. The van der Waals surface area contributed by atoms with Gasteiger partial charge in [0.25, 0.3) is 5.76 Å². The summed E-state index contributed by atoms with van der Waals surface area (Å²) in [7, 11) is 0. The van der Waals surface area contributed by atoms with Gasteiger partial charge in [-0.05, 0) is 62.2 Å². The van der Waals surface area contributed by atoms with E-state index in [0.29, 0.717) is 5.56 Å². The fraction of sp³-hybridized carbons (Fsp3) is 0.154. The summed E-state index contributed by atoms with van der Waals surface area (Å²) >= 11 is 0. The first-order chi connectivity index (χ1) is 16.0. The third kappa shape index (κ3) is 4.66. The van der Waals surface area contributed by atoms with Crippen LogP contribution < -0.4 is 14.9 Å². The van der Waals surface area contributed by atoms with Crippen molar-refractivity contribution in [1.82, 2.24) is 0 Å². The van der Waals surface area contributed by atoms with Gasteiger partial charge in [-0.15, -0.1) is 0 Å². The third-order valence-corrected chi connectivity index (χ3v) is 5.13. The fourth-order valence-corrected chi connectivity index (χ4v) is 3.28. The second kappa shape index (κ2) is 8.70. The second-order valence-electron chi connectivity index (χ2n) is 7.87. The van der Waals surface area contributed by atoms with Gasteiger partial charge >= 0.3 is 12.1 Å². The maximum absolute atomic E-state index is 13.8. The van der Waals surface area contributed by atoms with E-state index in [0.717, 1.165) is 17.2 Å². The van der Waals surface area contributed by atoms with Gasteiger partial charge in [0.15, 0.2) is 0 Å². The SMILES string of the molecule is Cc1ccc(C(=O)Oc2ccc3c(=O)c(Oc4cc(C)ccc4C)c(C(F)(F)F)oc3c2)cc1. The van der Waals surface area contributed by atoms with Crippen LogP contribution in [-0.4, -0.2) is 5.97 Å². The number of hydrogen-bond donors (Lipinski definition) is 0. The zero-order valence-corrected chi connectivity index (χ0v) is 18.4. The Balaban J connectivity index is 1.77. The number of alkyl halides is 3. The molecule has 0 amide bonds. The largest absolute Gasteiger partial charge is 0.453 e. The summed E-state index contributed by atoms with van der Waals surface area (Å²) in [5, 5.41) is -0.150. The number of esters is 1. The average molecular weight is 468 g/mol. The van der Waals surface area contributed by atoms with Crippen molar-refractivity contribution in [3.63, 3.8) is 0 Å². The van der Waals surface area contributed by atoms with Crippen LogP contribution in [-0.2, 0) is 6.18 Å². The van der Waals surface area contributed by atoms with Crippen molar-refractivity contribution in [3.8, 4) is 17.2 Å². The maximum atomic E-state index is 13.8. The molecule has 3 aromatic carbocycles. The predicted molar refractivity (Wildman–Crippen MR) is 120 cm³/mol. The monoisotopic (exact) mass is 468 g/mol. The number of aryl methyl sites for hydroxylation is 3. The Bertz CT molecular complexity index is 1450. The Hall–Kier alpha value is -4.07. The van der Waals surface area contributed by atoms with Crippen molar-refractivity contribution in [3.05, 3.63) is 98.9 Å². The van der Waals surface area contributed by atoms with Gasteiger partial charge in [-0.2, -0.15) is 13.2 Å². The second-order valence-corrected chi connectivity index (χ2v) is 7.87. The van der Waals surface area contributed by atoms with Crippen LogP contribution in [0, 0.1) is 20.8 Å². The highest BCUT2D eigenvalue weighted by molar-refractivity contribution is 5.91. The quantitative estimate of drug-likeness (QED) is 0.245. The molecule has 1 heterocycles. The van der Waals surface area contributed by atoms with Gasteiger partial charge in [-0.25, -0.2) is 4.79 Å². The fourth-order valence-electron chi connectivity index (χ4n) is 3.28. The van der Waals surface area contributed by atoms with Gasteiger partial charge in [0, 0.05) is 6.07 Å². The Kier molecular flexibility index (Phi) is 5.91. The van der Waals surface area contributed by atoms with Gasteiger partial charge in [0.05, 0.1) is 10.9 Å². The Morgan fingerprint density at radius 3 is 2.24 bits per heavy atom. The molecule has 4 aromatic rings. The number of carbonyl (C=O) groups excluding carboxylic acids is 1. The molecule has 0 bridgehead atoms.